The predicted molar refractivity (Wildman–Crippen MR) is 105 cm³/mol. The van der Waals surface area contributed by atoms with Gasteiger partial charge in [-0.1, -0.05) is 26.0 Å². The third kappa shape index (κ3) is 4.52. The molecule has 1 N–H and O–H groups in total. The summed E-state index contributed by atoms with van der Waals surface area (Å²) in [6.45, 7) is 3.86. The first-order valence-corrected chi connectivity index (χ1v) is 8.77. The average molecular weight is 391 g/mol. The molecular formula is C21H18FN5O2. The first kappa shape index (κ1) is 19.9. The highest BCUT2D eigenvalue weighted by Gasteiger charge is 2.28. The van der Waals surface area contributed by atoms with Crippen LogP contribution in [0.4, 0.5) is 15.0 Å². The van der Waals surface area contributed by atoms with Crippen LogP contribution in [-0.4, -0.2) is 32.9 Å². The van der Waals surface area contributed by atoms with Gasteiger partial charge in [0.05, 0.1) is 11.3 Å². The zero-order valence-electron chi connectivity index (χ0n) is 15.9. The van der Waals surface area contributed by atoms with Gasteiger partial charge in [0.25, 0.3) is 0 Å². The second-order valence-electron chi connectivity index (χ2n) is 7.08. The first-order valence-electron chi connectivity index (χ1n) is 8.77. The van der Waals surface area contributed by atoms with E-state index in [0.717, 1.165) is 10.5 Å². The average Bonchev–Trinajstić information content (AvgIpc) is 2.72. The Hall–Kier alpha value is -3.86. The summed E-state index contributed by atoms with van der Waals surface area (Å²) in [6.07, 6.45) is 0.262. The molecule has 0 aliphatic rings. The molecular weight excluding hydrogens is 373 g/mol. The van der Waals surface area contributed by atoms with Crippen LogP contribution in [0.2, 0.25) is 0 Å². The Bertz CT molecular complexity index is 1040. The lowest BCUT2D eigenvalue weighted by molar-refractivity contribution is 0.199. The van der Waals surface area contributed by atoms with Gasteiger partial charge in [0.15, 0.2) is 5.82 Å². The van der Waals surface area contributed by atoms with E-state index in [1.807, 2.05) is 19.9 Å². The van der Waals surface area contributed by atoms with E-state index in [1.165, 1.54) is 18.3 Å². The molecule has 2 heterocycles. The largest absolute Gasteiger partial charge is 0.465 e. The minimum Gasteiger partial charge on any atom is -0.465 e. The van der Waals surface area contributed by atoms with Crippen LogP contribution >= 0.6 is 0 Å². The Labute approximate surface area is 167 Å². The van der Waals surface area contributed by atoms with Gasteiger partial charge in [-0.3, -0.25) is 9.88 Å². The van der Waals surface area contributed by atoms with Crippen LogP contribution in [0.15, 0.2) is 54.7 Å². The molecule has 0 saturated carbocycles. The van der Waals surface area contributed by atoms with Crippen LogP contribution in [0.25, 0.3) is 11.4 Å². The standard InChI is InChI=1S/C21H18FN5O2/c1-21(2,15-4-6-16(22)7-5-15)13-27(20(28)29)19-10-9-18(25-26-19)17-8-3-14(11-23)12-24-17/h3-10,12H,13H2,1-2H3,(H,28,29). The number of amides is 1. The Balaban J connectivity index is 1.84. The number of hydrogen-bond donors (Lipinski definition) is 1. The number of benzene rings is 1. The van der Waals surface area contributed by atoms with Crippen LogP contribution < -0.4 is 4.90 Å². The lowest BCUT2D eigenvalue weighted by atomic mass is 9.84. The van der Waals surface area contributed by atoms with Crippen molar-refractivity contribution in [1.29, 1.82) is 5.26 Å². The number of nitriles is 1. The van der Waals surface area contributed by atoms with Crippen molar-refractivity contribution < 1.29 is 14.3 Å². The lowest BCUT2D eigenvalue weighted by Crippen LogP contribution is -2.41. The molecule has 2 aromatic heterocycles. The fourth-order valence-electron chi connectivity index (χ4n) is 2.85. The monoisotopic (exact) mass is 391 g/mol. The maximum atomic E-state index is 13.2. The van der Waals surface area contributed by atoms with Crippen molar-refractivity contribution in [3.8, 4) is 17.5 Å². The SMILES string of the molecule is CC(C)(CN(C(=O)O)c1ccc(-c2ccc(C#N)cn2)nn1)c1ccc(F)cc1. The van der Waals surface area contributed by atoms with Crippen LogP contribution in [0.3, 0.4) is 0 Å². The number of hydrogen-bond acceptors (Lipinski definition) is 5. The molecule has 1 aromatic carbocycles. The molecule has 29 heavy (non-hydrogen) atoms. The molecule has 0 radical (unpaired) electrons. The van der Waals surface area contributed by atoms with Gasteiger partial charge in [0.1, 0.15) is 17.6 Å². The number of rotatable bonds is 5. The van der Waals surface area contributed by atoms with Crippen LogP contribution in [-0.2, 0) is 5.41 Å². The third-order valence-electron chi connectivity index (χ3n) is 4.49. The summed E-state index contributed by atoms with van der Waals surface area (Å²) in [7, 11) is 0. The molecule has 7 nitrogen and oxygen atoms in total. The van der Waals surface area contributed by atoms with E-state index >= 15 is 0 Å². The quantitative estimate of drug-likeness (QED) is 0.705. The number of nitrogens with zero attached hydrogens (tertiary/aromatic N) is 5. The fourth-order valence-corrected chi connectivity index (χ4v) is 2.85. The molecule has 8 heteroatoms. The van der Waals surface area contributed by atoms with Crippen molar-refractivity contribution in [2.75, 3.05) is 11.4 Å². The molecule has 0 atom stereocenters. The van der Waals surface area contributed by atoms with Crippen molar-refractivity contribution in [1.82, 2.24) is 15.2 Å². The maximum absolute atomic E-state index is 13.2. The molecule has 3 rings (SSSR count). The number of carboxylic acid groups (broad SMARTS) is 1. The van der Waals surface area contributed by atoms with Gasteiger partial charge in [-0.25, -0.2) is 9.18 Å². The summed E-state index contributed by atoms with van der Waals surface area (Å²) in [4.78, 5) is 17.1. The van der Waals surface area contributed by atoms with E-state index in [0.29, 0.717) is 17.0 Å². The van der Waals surface area contributed by atoms with Crippen molar-refractivity contribution >= 4 is 11.9 Å². The summed E-state index contributed by atoms with van der Waals surface area (Å²) < 4.78 is 13.2. The summed E-state index contributed by atoms with van der Waals surface area (Å²) in [5, 5.41) is 26.6. The second kappa shape index (κ2) is 8.02. The van der Waals surface area contributed by atoms with Crippen LogP contribution in [0.5, 0.6) is 0 Å². The zero-order chi connectivity index (χ0) is 21.0. The van der Waals surface area contributed by atoms with Crippen molar-refractivity contribution in [3.63, 3.8) is 0 Å². The minimum atomic E-state index is -1.17. The van der Waals surface area contributed by atoms with Crippen LogP contribution in [0.1, 0.15) is 25.0 Å². The molecule has 0 bridgehead atoms. The topological polar surface area (TPSA) is 103 Å². The summed E-state index contributed by atoms with van der Waals surface area (Å²) >= 11 is 0. The van der Waals surface area contributed by atoms with Crippen LogP contribution in [0, 0.1) is 17.1 Å². The Morgan fingerprint density at radius 1 is 1.10 bits per heavy atom. The molecule has 1 amide bonds. The third-order valence-corrected chi connectivity index (χ3v) is 4.49. The van der Waals surface area contributed by atoms with Crippen molar-refractivity contribution in [2.24, 2.45) is 0 Å². The molecule has 0 fully saturated rings. The summed E-state index contributed by atoms with van der Waals surface area (Å²) in [6, 6.07) is 14.4. The Morgan fingerprint density at radius 3 is 2.31 bits per heavy atom. The van der Waals surface area contributed by atoms with E-state index < -0.39 is 11.5 Å². The number of halogens is 1. The van der Waals surface area contributed by atoms with E-state index in [9.17, 15) is 14.3 Å². The number of anilines is 1. The minimum absolute atomic E-state index is 0.108. The molecule has 146 valence electrons. The molecule has 0 aliphatic carbocycles. The Morgan fingerprint density at radius 2 is 1.79 bits per heavy atom. The highest BCUT2D eigenvalue weighted by molar-refractivity contribution is 5.85. The molecule has 3 aromatic rings. The van der Waals surface area contributed by atoms with E-state index in [1.54, 1.807) is 36.4 Å². The smallest absolute Gasteiger partial charge is 0.413 e. The predicted octanol–water partition coefficient (Wildman–Crippen LogP) is 4.01. The molecule has 0 saturated heterocycles. The number of aromatic nitrogens is 3. The number of carbonyl (C=O) groups is 1. The van der Waals surface area contributed by atoms with Gasteiger partial charge in [0.2, 0.25) is 0 Å². The maximum Gasteiger partial charge on any atom is 0.413 e. The van der Waals surface area contributed by atoms with Gasteiger partial charge < -0.3 is 5.11 Å². The molecule has 0 unspecified atom stereocenters. The first-order chi connectivity index (χ1) is 13.8. The Kier molecular flexibility index (Phi) is 5.50. The second-order valence-corrected chi connectivity index (χ2v) is 7.08. The molecule has 0 aliphatic heterocycles. The lowest BCUT2D eigenvalue weighted by Gasteiger charge is -2.30. The zero-order valence-corrected chi connectivity index (χ0v) is 15.9. The van der Waals surface area contributed by atoms with Gasteiger partial charge in [-0.15, -0.1) is 10.2 Å². The van der Waals surface area contributed by atoms with Gasteiger partial charge >= 0.3 is 6.09 Å². The van der Waals surface area contributed by atoms with Crippen molar-refractivity contribution in [3.05, 3.63) is 71.7 Å². The van der Waals surface area contributed by atoms with E-state index in [2.05, 4.69) is 15.2 Å². The van der Waals surface area contributed by atoms with Gasteiger partial charge in [-0.05, 0) is 42.0 Å². The van der Waals surface area contributed by atoms with Crippen molar-refractivity contribution in [2.45, 2.75) is 19.3 Å². The normalized spacial score (nSPS) is 11.0. The highest BCUT2D eigenvalue weighted by atomic mass is 19.1. The fraction of sp³-hybridized carbons (Fsp3) is 0.190. The summed E-state index contributed by atoms with van der Waals surface area (Å²) in [5.74, 6) is -0.178. The van der Waals surface area contributed by atoms with Gasteiger partial charge in [-0.2, -0.15) is 5.26 Å². The highest BCUT2D eigenvalue weighted by Crippen LogP contribution is 2.27. The number of pyridine rings is 1. The van der Waals surface area contributed by atoms with E-state index in [-0.39, 0.29) is 18.2 Å². The molecule has 0 spiro atoms. The van der Waals surface area contributed by atoms with Gasteiger partial charge in [0, 0.05) is 18.2 Å². The van der Waals surface area contributed by atoms with E-state index in [4.69, 9.17) is 5.26 Å². The summed E-state index contributed by atoms with van der Waals surface area (Å²) in [5.41, 5.74) is 1.63.